The van der Waals surface area contributed by atoms with Crippen LogP contribution in [0.4, 0.5) is 11.4 Å². The van der Waals surface area contributed by atoms with Crippen LogP contribution in [0.1, 0.15) is 31.8 Å². The summed E-state index contributed by atoms with van der Waals surface area (Å²) in [6, 6.07) is 17.6. The molecule has 0 aliphatic carbocycles. The van der Waals surface area contributed by atoms with E-state index in [1.165, 1.54) is 14.2 Å². The fraction of sp³-hybridized carbons (Fsp3) is 0.167. The van der Waals surface area contributed by atoms with Crippen LogP contribution in [0.5, 0.6) is 11.5 Å². The molecule has 6 nitrogen and oxygen atoms in total. The van der Waals surface area contributed by atoms with Crippen molar-refractivity contribution in [3.63, 3.8) is 0 Å². The maximum Gasteiger partial charge on any atom is 0.255 e. The van der Waals surface area contributed by atoms with Gasteiger partial charge in [-0.3, -0.25) is 9.59 Å². The molecule has 2 amide bonds. The van der Waals surface area contributed by atoms with Gasteiger partial charge in [0.1, 0.15) is 11.5 Å². The van der Waals surface area contributed by atoms with Gasteiger partial charge < -0.3 is 20.1 Å². The van der Waals surface area contributed by atoms with Crippen LogP contribution in [-0.2, 0) is 0 Å². The molecule has 154 valence electrons. The lowest BCUT2D eigenvalue weighted by Gasteiger charge is -2.16. The smallest absolute Gasteiger partial charge is 0.255 e. The Morgan fingerprint density at radius 2 is 1.20 bits per heavy atom. The van der Waals surface area contributed by atoms with Gasteiger partial charge in [0.2, 0.25) is 0 Å². The molecular weight excluding hydrogens is 380 g/mol. The zero-order valence-corrected chi connectivity index (χ0v) is 17.4. The highest BCUT2D eigenvalue weighted by atomic mass is 16.5. The van der Waals surface area contributed by atoms with E-state index in [4.69, 9.17) is 9.47 Å². The fourth-order valence-electron chi connectivity index (χ4n) is 2.95. The molecule has 2 N–H and O–H groups in total. The summed E-state index contributed by atoms with van der Waals surface area (Å²) in [6.45, 7) is 3.95. The van der Waals surface area contributed by atoms with Gasteiger partial charge in [0, 0.05) is 23.3 Å². The molecule has 0 fully saturated rings. The molecule has 6 heteroatoms. The first-order valence-electron chi connectivity index (χ1n) is 9.44. The average molecular weight is 404 g/mol. The lowest BCUT2D eigenvalue weighted by Crippen LogP contribution is -2.15. The van der Waals surface area contributed by atoms with Crippen molar-refractivity contribution in [3.8, 4) is 11.5 Å². The summed E-state index contributed by atoms with van der Waals surface area (Å²) in [4.78, 5) is 25.2. The Morgan fingerprint density at radius 1 is 0.667 bits per heavy atom. The highest BCUT2D eigenvalue weighted by Crippen LogP contribution is 2.37. The SMILES string of the molecule is COc1cc(NC(=O)c2ccc(C)c(C)c2)c(OC)cc1NC(=O)c1ccccc1. The van der Waals surface area contributed by atoms with E-state index in [1.54, 1.807) is 42.5 Å². The number of ether oxygens (including phenoxy) is 2. The minimum atomic E-state index is -0.275. The van der Waals surface area contributed by atoms with E-state index in [0.29, 0.717) is 34.0 Å². The molecule has 3 rings (SSSR count). The molecule has 3 aromatic carbocycles. The summed E-state index contributed by atoms with van der Waals surface area (Å²) in [7, 11) is 2.99. The average Bonchev–Trinajstić information content (AvgIpc) is 2.76. The Bertz CT molecular complexity index is 1080. The van der Waals surface area contributed by atoms with Crippen LogP contribution < -0.4 is 20.1 Å². The molecule has 0 bridgehead atoms. The second kappa shape index (κ2) is 9.13. The number of carbonyl (C=O) groups is 2. The summed E-state index contributed by atoms with van der Waals surface area (Å²) in [6.07, 6.45) is 0. The molecule has 0 saturated heterocycles. The van der Waals surface area contributed by atoms with E-state index in [2.05, 4.69) is 10.6 Å². The van der Waals surface area contributed by atoms with Gasteiger partial charge in [-0.25, -0.2) is 0 Å². The van der Waals surface area contributed by atoms with Crippen LogP contribution in [0.25, 0.3) is 0 Å². The van der Waals surface area contributed by atoms with Crippen molar-refractivity contribution in [2.45, 2.75) is 13.8 Å². The predicted octanol–water partition coefficient (Wildman–Crippen LogP) is 4.83. The second-order valence-electron chi connectivity index (χ2n) is 6.83. The van der Waals surface area contributed by atoms with E-state index < -0.39 is 0 Å². The number of hydrogen-bond acceptors (Lipinski definition) is 4. The lowest BCUT2D eigenvalue weighted by atomic mass is 10.1. The minimum Gasteiger partial charge on any atom is -0.494 e. The van der Waals surface area contributed by atoms with E-state index >= 15 is 0 Å². The molecule has 0 atom stereocenters. The van der Waals surface area contributed by atoms with E-state index in [9.17, 15) is 9.59 Å². The van der Waals surface area contributed by atoms with Crippen molar-refractivity contribution in [1.82, 2.24) is 0 Å². The van der Waals surface area contributed by atoms with Gasteiger partial charge in [-0.1, -0.05) is 24.3 Å². The van der Waals surface area contributed by atoms with Crippen molar-refractivity contribution < 1.29 is 19.1 Å². The van der Waals surface area contributed by atoms with Crippen molar-refractivity contribution in [2.75, 3.05) is 24.9 Å². The van der Waals surface area contributed by atoms with Crippen molar-refractivity contribution in [1.29, 1.82) is 0 Å². The summed E-state index contributed by atoms with van der Waals surface area (Å²) in [5, 5.41) is 5.68. The van der Waals surface area contributed by atoms with Crippen molar-refractivity contribution >= 4 is 23.2 Å². The van der Waals surface area contributed by atoms with E-state index in [1.807, 2.05) is 32.0 Å². The third-order valence-corrected chi connectivity index (χ3v) is 4.82. The molecule has 3 aromatic rings. The van der Waals surface area contributed by atoms with Crippen LogP contribution in [-0.4, -0.2) is 26.0 Å². The molecule has 0 saturated carbocycles. The normalized spacial score (nSPS) is 10.3. The largest absolute Gasteiger partial charge is 0.494 e. The standard InChI is InChI=1S/C24H24N2O4/c1-15-10-11-18(12-16(15)2)24(28)26-20-14-21(29-3)19(13-22(20)30-4)25-23(27)17-8-6-5-7-9-17/h5-14H,1-4H3,(H,25,27)(H,26,28). The Balaban J connectivity index is 1.88. The van der Waals surface area contributed by atoms with Gasteiger partial charge in [0.25, 0.3) is 11.8 Å². The Morgan fingerprint density at radius 3 is 1.70 bits per heavy atom. The van der Waals surface area contributed by atoms with Crippen LogP contribution >= 0.6 is 0 Å². The van der Waals surface area contributed by atoms with Crippen LogP contribution in [0.3, 0.4) is 0 Å². The van der Waals surface area contributed by atoms with Gasteiger partial charge in [0.05, 0.1) is 25.6 Å². The van der Waals surface area contributed by atoms with Crippen LogP contribution in [0.2, 0.25) is 0 Å². The van der Waals surface area contributed by atoms with Gasteiger partial charge in [-0.05, 0) is 49.2 Å². The summed E-state index contributed by atoms with van der Waals surface area (Å²) >= 11 is 0. The second-order valence-corrected chi connectivity index (χ2v) is 6.83. The number of benzene rings is 3. The monoisotopic (exact) mass is 404 g/mol. The summed E-state index contributed by atoms with van der Waals surface area (Å²) in [5.74, 6) is 0.259. The zero-order valence-electron chi connectivity index (χ0n) is 17.4. The zero-order chi connectivity index (χ0) is 21.7. The third kappa shape index (κ3) is 4.60. The van der Waals surface area contributed by atoms with Crippen molar-refractivity contribution in [2.24, 2.45) is 0 Å². The Labute approximate surface area is 175 Å². The van der Waals surface area contributed by atoms with Gasteiger partial charge in [0.15, 0.2) is 0 Å². The van der Waals surface area contributed by atoms with Gasteiger partial charge in [-0.2, -0.15) is 0 Å². The predicted molar refractivity (Wildman–Crippen MR) is 118 cm³/mol. The molecule has 30 heavy (non-hydrogen) atoms. The number of aryl methyl sites for hydroxylation is 2. The van der Waals surface area contributed by atoms with Gasteiger partial charge >= 0.3 is 0 Å². The van der Waals surface area contributed by atoms with Gasteiger partial charge in [-0.15, -0.1) is 0 Å². The number of methoxy groups -OCH3 is 2. The molecule has 0 aliphatic heterocycles. The topological polar surface area (TPSA) is 76.7 Å². The molecule has 0 spiro atoms. The first-order chi connectivity index (χ1) is 14.4. The maximum absolute atomic E-state index is 12.7. The van der Waals surface area contributed by atoms with Crippen LogP contribution in [0, 0.1) is 13.8 Å². The molecule has 0 heterocycles. The first kappa shape index (κ1) is 20.9. The Hall–Kier alpha value is -3.80. The highest BCUT2D eigenvalue weighted by molar-refractivity contribution is 6.07. The molecule has 0 aromatic heterocycles. The fourth-order valence-corrected chi connectivity index (χ4v) is 2.95. The number of anilines is 2. The number of amides is 2. The number of nitrogens with one attached hydrogen (secondary N) is 2. The summed E-state index contributed by atoms with van der Waals surface area (Å²) in [5.41, 5.74) is 4.09. The van der Waals surface area contributed by atoms with E-state index in [-0.39, 0.29) is 11.8 Å². The summed E-state index contributed by atoms with van der Waals surface area (Å²) < 4.78 is 10.9. The van der Waals surface area contributed by atoms with E-state index in [0.717, 1.165) is 11.1 Å². The number of carbonyl (C=O) groups excluding carboxylic acids is 2. The lowest BCUT2D eigenvalue weighted by molar-refractivity contribution is 0.101. The molecule has 0 radical (unpaired) electrons. The Kier molecular flexibility index (Phi) is 6.37. The third-order valence-electron chi connectivity index (χ3n) is 4.82. The maximum atomic E-state index is 12.7. The number of rotatable bonds is 6. The molecule has 0 unspecified atom stereocenters. The molecular formula is C24H24N2O4. The number of hydrogen-bond donors (Lipinski definition) is 2. The van der Waals surface area contributed by atoms with Crippen LogP contribution in [0.15, 0.2) is 60.7 Å². The molecule has 0 aliphatic rings. The highest BCUT2D eigenvalue weighted by Gasteiger charge is 2.17. The quantitative estimate of drug-likeness (QED) is 0.617. The van der Waals surface area contributed by atoms with Crippen molar-refractivity contribution in [3.05, 3.63) is 82.9 Å². The first-order valence-corrected chi connectivity index (χ1v) is 9.44. The minimum absolute atomic E-state index is 0.264.